The highest BCUT2D eigenvalue weighted by atomic mass is 32.1. The van der Waals surface area contributed by atoms with Crippen LogP contribution in [0.15, 0.2) is 41.8 Å². The van der Waals surface area contributed by atoms with Gasteiger partial charge in [0.1, 0.15) is 5.82 Å². The van der Waals surface area contributed by atoms with Crippen molar-refractivity contribution < 1.29 is 4.79 Å². The molecule has 3 aromatic rings. The Balaban J connectivity index is 1.33. The van der Waals surface area contributed by atoms with Gasteiger partial charge in [0.05, 0.1) is 11.0 Å². The van der Waals surface area contributed by atoms with Gasteiger partial charge in [-0.15, -0.1) is 11.3 Å². The van der Waals surface area contributed by atoms with Crippen molar-refractivity contribution in [3.63, 3.8) is 0 Å². The first kappa shape index (κ1) is 17.7. The zero-order valence-electron chi connectivity index (χ0n) is 14.7. The molecule has 0 fully saturated rings. The number of rotatable bonds is 9. The third-order valence-electron chi connectivity index (χ3n) is 4.38. The van der Waals surface area contributed by atoms with E-state index in [1.807, 2.05) is 25.1 Å². The van der Waals surface area contributed by atoms with Gasteiger partial charge in [-0.2, -0.15) is 0 Å². The van der Waals surface area contributed by atoms with Crippen molar-refractivity contribution in [3.8, 4) is 0 Å². The number of fused-ring (bicyclic) bond motifs is 1. The average molecular weight is 356 g/mol. The summed E-state index contributed by atoms with van der Waals surface area (Å²) in [5, 5.41) is 5.14. The minimum Gasteiger partial charge on any atom is -0.356 e. The molecule has 1 N–H and O–H groups in total. The minimum atomic E-state index is 0.165. The summed E-state index contributed by atoms with van der Waals surface area (Å²) < 4.78 is 2.22. The van der Waals surface area contributed by atoms with Gasteiger partial charge in [0.25, 0.3) is 0 Å². The van der Waals surface area contributed by atoms with Gasteiger partial charge in [-0.05, 0) is 56.2 Å². The molecule has 5 heteroatoms. The Morgan fingerprint density at radius 3 is 2.88 bits per heavy atom. The third kappa shape index (κ3) is 4.92. The number of amides is 1. The molecule has 25 heavy (non-hydrogen) atoms. The van der Waals surface area contributed by atoms with E-state index < -0.39 is 0 Å². The fraction of sp³-hybridized carbons (Fsp3) is 0.400. The number of thiophene rings is 1. The first-order valence-electron chi connectivity index (χ1n) is 8.95. The van der Waals surface area contributed by atoms with Crippen LogP contribution >= 0.6 is 11.3 Å². The van der Waals surface area contributed by atoms with Gasteiger partial charge in [-0.25, -0.2) is 4.98 Å². The second-order valence-corrected chi connectivity index (χ2v) is 7.32. The number of nitrogens with one attached hydrogen (secondary N) is 1. The van der Waals surface area contributed by atoms with Crippen molar-refractivity contribution in [2.75, 3.05) is 6.54 Å². The fourth-order valence-electron chi connectivity index (χ4n) is 3.07. The highest BCUT2D eigenvalue weighted by molar-refractivity contribution is 7.09. The van der Waals surface area contributed by atoms with Gasteiger partial charge < -0.3 is 9.88 Å². The van der Waals surface area contributed by atoms with Gasteiger partial charge in [-0.1, -0.05) is 18.2 Å². The predicted molar refractivity (Wildman–Crippen MR) is 104 cm³/mol. The molecule has 1 amide bonds. The summed E-state index contributed by atoms with van der Waals surface area (Å²) in [7, 11) is 0. The summed E-state index contributed by atoms with van der Waals surface area (Å²) >= 11 is 1.79. The monoisotopic (exact) mass is 355 g/mol. The molecule has 132 valence electrons. The van der Waals surface area contributed by atoms with Crippen molar-refractivity contribution >= 4 is 28.3 Å². The SMILES string of the molecule is Cc1nc2ccccc2n1CCCNC(=O)CCCCc1cccs1. The van der Waals surface area contributed by atoms with Gasteiger partial charge in [0.2, 0.25) is 5.91 Å². The Morgan fingerprint density at radius 1 is 1.16 bits per heavy atom. The van der Waals surface area contributed by atoms with Crippen LogP contribution in [0.25, 0.3) is 11.0 Å². The van der Waals surface area contributed by atoms with Crippen molar-refractivity contribution in [1.82, 2.24) is 14.9 Å². The van der Waals surface area contributed by atoms with E-state index in [1.165, 1.54) is 10.4 Å². The van der Waals surface area contributed by atoms with Crippen LogP contribution in [-0.4, -0.2) is 22.0 Å². The number of benzene rings is 1. The molecule has 0 saturated carbocycles. The average Bonchev–Trinajstić information content (AvgIpc) is 3.23. The van der Waals surface area contributed by atoms with Crippen LogP contribution in [0.1, 0.15) is 36.4 Å². The lowest BCUT2D eigenvalue weighted by Gasteiger charge is -2.08. The minimum absolute atomic E-state index is 0.165. The molecule has 0 aliphatic carbocycles. The standard InChI is InChI=1S/C20H25N3OS/c1-16-22-18-10-3-4-11-19(18)23(16)14-7-13-21-20(24)12-5-2-8-17-9-6-15-25-17/h3-4,6,9-11,15H,2,5,7-8,12-14H2,1H3,(H,21,24). The number of para-hydroxylation sites is 2. The topological polar surface area (TPSA) is 46.9 Å². The quantitative estimate of drug-likeness (QED) is 0.581. The number of unbranched alkanes of at least 4 members (excludes halogenated alkanes) is 1. The zero-order chi connectivity index (χ0) is 17.5. The zero-order valence-corrected chi connectivity index (χ0v) is 15.5. The van der Waals surface area contributed by atoms with E-state index in [0.29, 0.717) is 6.42 Å². The lowest BCUT2D eigenvalue weighted by Crippen LogP contribution is -2.25. The highest BCUT2D eigenvalue weighted by Gasteiger charge is 2.06. The molecule has 0 bridgehead atoms. The maximum absolute atomic E-state index is 11.9. The molecular formula is C20H25N3OS. The van der Waals surface area contributed by atoms with E-state index in [2.05, 4.69) is 38.4 Å². The molecule has 3 rings (SSSR count). The van der Waals surface area contributed by atoms with Crippen LogP contribution < -0.4 is 5.32 Å². The van der Waals surface area contributed by atoms with Gasteiger partial charge in [0, 0.05) is 24.4 Å². The van der Waals surface area contributed by atoms with Crippen LogP contribution in [-0.2, 0) is 17.8 Å². The molecule has 4 nitrogen and oxygen atoms in total. The Hall–Kier alpha value is -2.14. The lowest BCUT2D eigenvalue weighted by molar-refractivity contribution is -0.121. The second kappa shape index (κ2) is 8.81. The molecular weight excluding hydrogens is 330 g/mol. The molecule has 1 aromatic carbocycles. The van der Waals surface area contributed by atoms with E-state index in [1.54, 1.807) is 11.3 Å². The summed E-state index contributed by atoms with van der Waals surface area (Å²) in [6, 6.07) is 12.4. The number of hydrogen-bond acceptors (Lipinski definition) is 3. The summed E-state index contributed by atoms with van der Waals surface area (Å²) in [6.07, 6.45) is 4.65. The van der Waals surface area contributed by atoms with E-state index in [4.69, 9.17) is 0 Å². The number of aromatic nitrogens is 2. The normalized spacial score (nSPS) is 11.1. The molecule has 0 aliphatic heterocycles. The Morgan fingerprint density at radius 2 is 2.04 bits per heavy atom. The first-order chi connectivity index (χ1) is 12.2. The summed E-state index contributed by atoms with van der Waals surface area (Å²) in [6.45, 7) is 3.63. The van der Waals surface area contributed by atoms with E-state index in [0.717, 1.165) is 50.1 Å². The van der Waals surface area contributed by atoms with Crippen LogP contribution in [0, 0.1) is 6.92 Å². The number of hydrogen-bond donors (Lipinski definition) is 1. The highest BCUT2D eigenvalue weighted by Crippen LogP contribution is 2.15. The number of carbonyl (C=O) groups is 1. The number of nitrogens with zero attached hydrogens (tertiary/aromatic N) is 2. The molecule has 0 aliphatic rings. The molecule has 2 heterocycles. The van der Waals surface area contributed by atoms with Gasteiger partial charge >= 0.3 is 0 Å². The molecule has 0 atom stereocenters. The predicted octanol–water partition coefficient (Wildman–Crippen LogP) is 4.33. The van der Waals surface area contributed by atoms with Gasteiger partial charge in [0.15, 0.2) is 0 Å². The van der Waals surface area contributed by atoms with Gasteiger partial charge in [-0.3, -0.25) is 4.79 Å². The van der Waals surface area contributed by atoms with Crippen molar-refractivity contribution in [1.29, 1.82) is 0 Å². The molecule has 0 radical (unpaired) electrons. The van der Waals surface area contributed by atoms with Crippen LogP contribution in [0.2, 0.25) is 0 Å². The maximum atomic E-state index is 11.9. The lowest BCUT2D eigenvalue weighted by atomic mass is 10.1. The van der Waals surface area contributed by atoms with E-state index >= 15 is 0 Å². The fourth-order valence-corrected chi connectivity index (χ4v) is 3.82. The maximum Gasteiger partial charge on any atom is 0.219 e. The first-order valence-corrected chi connectivity index (χ1v) is 9.83. The van der Waals surface area contributed by atoms with Crippen molar-refractivity contribution in [2.45, 2.75) is 45.6 Å². The molecule has 0 unspecified atom stereocenters. The Bertz CT molecular complexity index is 808. The molecule has 0 saturated heterocycles. The Labute approximate surface area is 152 Å². The van der Waals surface area contributed by atoms with E-state index in [9.17, 15) is 4.79 Å². The molecule has 0 spiro atoms. The van der Waals surface area contributed by atoms with Crippen molar-refractivity contribution in [3.05, 3.63) is 52.5 Å². The largest absolute Gasteiger partial charge is 0.356 e. The van der Waals surface area contributed by atoms with Crippen molar-refractivity contribution in [2.24, 2.45) is 0 Å². The Kier molecular flexibility index (Phi) is 6.23. The third-order valence-corrected chi connectivity index (χ3v) is 5.32. The number of imidazole rings is 1. The number of carbonyl (C=O) groups excluding carboxylic acids is 1. The number of aryl methyl sites for hydroxylation is 3. The summed E-state index contributed by atoms with van der Waals surface area (Å²) in [4.78, 5) is 17.9. The summed E-state index contributed by atoms with van der Waals surface area (Å²) in [5.74, 6) is 1.19. The van der Waals surface area contributed by atoms with Crippen LogP contribution in [0.5, 0.6) is 0 Å². The van der Waals surface area contributed by atoms with E-state index in [-0.39, 0.29) is 5.91 Å². The van der Waals surface area contributed by atoms with Crippen LogP contribution in [0.4, 0.5) is 0 Å². The summed E-state index contributed by atoms with van der Waals surface area (Å²) in [5.41, 5.74) is 2.20. The second-order valence-electron chi connectivity index (χ2n) is 6.29. The van der Waals surface area contributed by atoms with Crippen LogP contribution in [0.3, 0.4) is 0 Å². The smallest absolute Gasteiger partial charge is 0.219 e. The molecule has 2 aromatic heterocycles.